The smallest absolute Gasteiger partial charge is 0.224 e. The molecule has 1 aromatic heterocycles. The Kier molecular flexibility index (Phi) is 3.70. The maximum Gasteiger partial charge on any atom is 0.224 e. The van der Waals surface area contributed by atoms with Gasteiger partial charge in [0.2, 0.25) is 5.91 Å². The Labute approximate surface area is 106 Å². The van der Waals surface area contributed by atoms with Crippen LogP contribution >= 0.6 is 0 Å². The minimum Gasteiger partial charge on any atom is -0.341 e. The number of amides is 1. The van der Waals surface area contributed by atoms with Gasteiger partial charge in [-0.1, -0.05) is 0 Å². The third kappa shape index (κ3) is 3.32. The molecule has 0 saturated carbocycles. The van der Waals surface area contributed by atoms with Gasteiger partial charge in [-0.25, -0.2) is 8.42 Å². The first kappa shape index (κ1) is 13.1. The van der Waals surface area contributed by atoms with Gasteiger partial charge >= 0.3 is 0 Å². The molecule has 6 nitrogen and oxygen atoms in total. The molecule has 0 bridgehead atoms. The zero-order valence-electron chi connectivity index (χ0n) is 10.4. The number of hydrogen-bond donors (Lipinski definition) is 0. The number of hydrogen-bond acceptors (Lipinski definition) is 4. The van der Waals surface area contributed by atoms with Crippen LogP contribution in [0.5, 0.6) is 0 Å². The van der Waals surface area contributed by atoms with Gasteiger partial charge in [0.25, 0.3) is 0 Å². The maximum absolute atomic E-state index is 11.9. The number of sulfone groups is 1. The van der Waals surface area contributed by atoms with E-state index in [0.29, 0.717) is 26.1 Å². The molecule has 7 heteroatoms. The fourth-order valence-corrected chi connectivity index (χ4v) is 3.12. The molecular weight excluding hydrogens is 254 g/mol. The first-order chi connectivity index (χ1) is 8.46. The van der Waals surface area contributed by atoms with E-state index in [4.69, 9.17) is 0 Å². The minimum absolute atomic E-state index is 0.00180. The highest BCUT2D eigenvalue weighted by Crippen LogP contribution is 2.06. The van der Waals surface area contributed by atoms with Crippen LogP contribution in [0.4, 0.5) is 0 Å². The molecular formula is C11H17N3O3S. The topological polar surface area (TPSA) is 72.3 Å². The Balaban J connectivity index is 1.82. The van der Waals surface area contributed by atoms with Crippen LogP contribution in [0.3, 0.4) is 0 Å². The molecule has 1 saturated heterocycles. The zero-order chi connectivity index (χ0) is 13.2. The molecule has 0 aliphatic carbocycles. The van der Waals surface area contributed by atoms with Crippen LogP contribution in [0.15, 0.2) is 12.3 Å². The highest BCUT2D eigenvalue weighted by atomic mass is 32.2. The van der Waals surface area contributed by atoms with Crippen molar-refractivity contribution in [3.05, 3.63) is 18.0 Å². The van der Waals surface area contributed by atoms with Crippen LogP contribution in [-0.4, -0.2) is 53.6 Å². The number of aromatic nitrogens is 2. The maximum atomic E-state index is 11.9. The monoisotopic (exact) mass is 271 g/mol. The number of nitrogens with zero attached hydrogens (tertiary/aromatic N) is 3. The van der Waals surface area contributed by atoms with Gasteiger partial charge in [-0.3, -0.25) is 9.48 Å². The predicted molar refractivity (Wildman–Crippen MR) is 66.8 cm³/mol. The summed E-state index contributed by atoms with van der Waals surface area (Å²) in [5.41, 5.74) is 0.923. The van der Waals surface area contributed by atoms with Crippen molar-refractivity contribution < 1.29 is 13.2 Å². The molecule has 0 spiro atoms. The predicted octanol–water partition coefficient (Wildman–Crippen LogP) is -0.161. The standard InChI is InChI=1S/C11H17N3O3S/c1-10-2-4-14(12-10)5-3-11(15)13-6-8-18(16,17)9-7-13/h2,4H,3,5-9H2,1H3. The molecule has 1 aromatic rings. The third-order valence-electron chi connectivity index (χ3n) is 3.03. The van der Waals surface area contributed by atoms with Crippen LogP contribution < -0.4 is 0 Å². The molecule has 2 rings (SSSR count). The average Bonchev–Trinajstić information content (AvgIpc) is 2.72. The summed E-state index contributed by atoms with van der Waals surface area (Å²) in [7, 11) is -2.92. The molecule has 0 N–H and O–H groups in total. The molecule has 2 heterocycles. The highest BCUT2D eigenvalue weighted by Gasteiger charge is 2.24. The molecule has 1 fully saturated rings. The van der Waals surface area contributed by atoms with Gasteiger partial charge in [-0.2, -0.15) is 5.10 Å². The van der Waals surface area contributed by atoms with E-state index in [0.717, 1.165) is 5.69 Å². The number of aryl methyl sites for hydroxylation is 2. The van der Waals surface area contributed by atoms with E-state index in [1.807, 2.05) is 19.2 Å². The van der Waals surface area contributed by atoms with Gasteiger partial charge in [-0.15, -0.1) is 0 Å². The van der Waals surface area contributed by atoms with Crippen LogP contribution in [0.25, 0.3) is 0 Å². The van der Waals surface area contributed by atoms with E-state index in [2.05, 4.69) is 5.10 Å². The number of rotatable bonds is 3. The van der Waals surface area contributed by atoms with E-state index < -0.39 is 9.84 Å². The van der Waals surface area contributed by atoms with Gasteiger partial charge in [0.05, 0.1) is 17.2 Å². The molecule has 1 amide bonds. The molecule has 0 radical (unpaired) electrons. The third-order valence-corrected chi connectivity index (χ3v) is 4.64. The van der Waals surface area contributed by atoms with Crippen molar-refractivity contribution in [1.29, 1.82) is 0 Å². The fourth-order valence-electron chi connectivity index (χ4n) is 1.92. The van der Waals surface area contributed by atoms with E-state index >= 15 is 0 Å². The largest absolute Gasteiger partial charge is 0.341 e. The van der Waals surface area contributed by atoms with Gasteiger partial charge in [0.15, 0.2) is 9.84 Å². The Morgan fingerprint density at radius 2 is 2.06 bits per heavy atom. The number of carbonyl (C=O) groups excluding carboxylic acids is 1. The van der Waals surface area contributed by atoms with E-state index in [-0.39, 0.29) is 17.4 Å². The Morgan fingerprint density at radius 1 is 1.39 bits per heavy atom. The van der Waals surface area contributed by atoms with E-state index in [9.17, 15) is 13.2 Å². The lowest BCUT2D eigenvalue weighted by Crippen LogP contribution is -2.43. The second-order valence-corrected chi connectivity index (χ2v) is 6.81. The summed E-state index contributed by atoms with van der Waals surface area (Å²) in [4.78, 5) is 13.5. The van der Waals surface area contributed by atoms with Crippen LogP contribution in [0.1, 0.15) is 12.1 Å². The fraction of sp³-hybridized carbons (Fsp3) is 0.636. The van der Waals surface area contributed by atoms with Crippen molar-refractivity contribution in [1.82, 2.24) is 14.7 Å². The molecule has 100 valence electrons. The summed E-state index contributed by atoms with van der Waals surface area (Å²) in [5, 5.41) is 4.20. The van der Waals surface area contributed by atoms with Crippen molar-refractivity contribution >= 4 is 15.7 Å². The Bertz CT molecular complexity index is 521. The molecule has 1 aliphatic heterocycles. The lowest BCUT2D eigenvalue weighted by molar-refractivity contribution is -0.131. The summed E-state index contributed by atoms with van der Waals surface area (Å²) in [5.74, 6) is 0.164. The van der Waals surface area contributed by atoms with Crippen LogP contribution in [0, 0.1) is 6.92 Å². The second-order valence-electron chi connectivity index (χ2n) is 4.50. The van der Waals surface area contributed by atoms with Gasteiger partial charge in [0, 0.05) is 32.3 Å². The lowest BCUT2D eigenvalue weighted by Gasteiger charge is -2.26. The van der Waals surface area contributed by atoms with E-state index in [1.165, 1.54) is 0 Å². The molecule has 0 atom stereocenters. The molecule has 0 aromatic carbocycles. The first-order valence-electron chi connectivity index (χ1n) is 5.94. The first-order valence-corrected chi connectivity index (χ1v) is 7.77. The quantitative estimate of drug-likeness (QED) is 0.765. The van der Waals surface area contributed by atoms with Crippen LogP contribution in [-0.2, 0) is 21.2 Å². The van der Waals surface area contributed by atoms with E-state index in [1.54, 1.807) is 9.58 Å². The SMILES string of the molecule is Cc1ccn(CCC(=O)N2CCS(=O)(=O)CC2)n1. The zero-order valence-corrected chi connectivity index (χ0v) is 11.2. The lowest BCUT2D eigenvalue weighted by atomic mass is 10.3. The Hall–Kier alpha value is -1.37. The van der Waals surface area contributed by atoms with Crippen LogP contribution in [0.2, 0.25) is 0 Å². The average molecular weight is 271 g/mol. The Morgan fingerprint density at radius 3 is 2.61 bits per heavy atom. The minimum atomic E-state index is -2.92. The summed E-state index contributed by atoms with van der Waals surface area (Å²) in [6, 6.07) is 1.89. The molecule has 0 unspecified atom stereocenters. The van der Waals surface area contributed by atoms with Gasteiger partial charge < -0.3 is 4.90 Å². The van der Waals surface area contributed by atoms with Crippen molar-refractivity contribution in [2.75, 3.05) is 24.6 Å². The second kappa shape index (κ2) is 5.09. The highest BCUT2D eigenvalue weighted by molar-refractivity contribution is 7.91. The summed E-state index contributed by atoms with van der Waals surface area (Å²) in [6.07, 6.45) is 2.20. The normalized spacial score (nSPS) is 18.8. The van der Waals surface area contributed by atoms with Crippen molar-refractivity contribution in [3.63, 3.8) is 0 Å². The number of carbonyl (C=O) groups is 1. The van der Waals surface area contributed by atoms with Crippen molar-refractivity contribution in [2.45, 2.75) is 19.9 Å². The van der Waals surface area contributed by atoms with Gasteiger partial charge in [-0.05, 0) is 13.0 Å². The van der Waals surface area contributed by atoms with Crippen molar-refractivity contribution in [2.24, 2.45) is 0 Å². The summed E-state index contributed by atoms with van der Waals surface area (Å²) in [6.45, 7) is 3.07. The molecule has 18 heavy (non-hydrogen) atoms. The van der Waals surface area contributed by atoms with Crippen molar-refractivity contribution in [3.8, 4) is 0 Å². The summed E-state index contributed by atoms with van der Waals surface area (Å²) >= 11 is 0. The van der Waals surface area contributed by atoms with Gasteiger partial charge in [0.1, 0.15) is 0 Å². The molecule has 1 aliphatic rings. The summed E-state index contributed by atoms with van der Waals surface area (Å²) < 4.78 is 24.2.